The first-order valence-electron chi connectivity index (χ1n) is 9.69. The topological polar surface area (TPSA) is 67.4 Å². The zero-order valence-corrected chi connectivity index (χ0v) is 16.7. The number of carbonyl (C=O) groups excluding carboxylic acids is 2. The maximum atomic E-state index is 12.7. The zero-order valence-electron chi connectivity index (χ0n) is 15.9. The summed E-state index contributed by atoms with van der Waals surface area (Å²) in [7, 11) is 0. The summed E-state index contributed by atoms with van der Waals surface area (Å²) in [5.74, 6) is -0.510. The SMILES string of the molecule is CCC(OC1CCCC1)C(=O)Nc1cc(C(=O)Nc2ccccc2)ccc1Cl. The van der Waals surface area contributed by atoms with Gasteiger partial charge in [0.25, 0.3) is 11.8 Å². The maximum Gasteiger partial charge on any atom is 0.255 e. The molecule has 0 heterocycles. The van der Waals surface area contributed by atoms with Crippen LogP contribution in [0.2, 0.25) is 5.02 Å². The predicted octanol–water partition coefficient (Wildman–Crippen LogP) is 5.27. The van der Waals surface area contributed by atoms with Crippen LogP contribution in [-0.2, 0) is 9.53 Å². The maximum absolute atomic E-state index is 12.7. The molecule has 1 fully saturated rings. The van der Waals surface area contributed by atoms with E-state index in [0.29, 0.717) is 28.4 Å². The van der Waals surface area contributed by atoms with Crippen LogP contribution in [0.15, 0.2) is 48.5 Å². The van der Waals surface area contributed by atoms with Crippen molar-refractivity contribution in [2.45, 2.75) is 51.2 Å². The van der Waals surface area contributed by atoms with Crippen LogP contribution in [0.5, 0.6) is 0 Å². The fourth-order valence-corrected chi connectivity index (χ4v) is 3.47. The lowest BCUT2D eigenvalue weighted by molar-refractivity contribution is -0.131. The van der Waals surface area contributed by atoms with E-state index in [0.717, 1.165) is 25.7 Å². The van der Waals surface area contributed by atoms with Gasteiger partial charge in [-0.25, -0.2) is 0 Å². The smallest absolute Gasteiger partial charge is 0.255 e. The average molecular weight is 401 g/mol. The molecule has 0 spiro atoms. The van der Waals surface area contributed by atoms with Crippen LogP contribution in [0.4, 0.5) is 11.4 Å². The molecule has 2 N–H and O–H groups in total. The third-order valence-electron chi connectivity index (χ3n) is 4.84. The number of benzene rings is 2. The molecule has 0 aliphatic heterocycles. The van der Waals surface area contributed by atoms with Crippen LogP contribution in [0, 0.1) is 0 Å². The monoisotopic (exact) mass is 400 g/mol. The summed E-state index contributed by atoms with van der Waals surface area (Å²) in [6, 6.07) is 14.0. The standard InChI is InChI=1S/C22H25ClN2O3/c1-2-20(28-17-10-6-7-11-17)22(27)25-19-14-15(12-13-18(19)23)21(26)24-16-8-4-3-5-9-16/h3-5,8-9,12-14,17,20H,2,6-7,10-11H2,1H3,(H,24,26)(H,25,27). The number of para-hydroxylation sites is 1. The van der Waals surface area contributed by atoms with E-state index in [4.69, 9.17) is 16.3 Å². The number of amides is 2. The quantitative estimate of drug-likeness (QED) is 0.665. The zero-order chi connectivity index (χ0) is 19.9. The molecule has 2 amide bonds. The second-order valence-corrected chi connectivity index (χ2v) is 7.35. The third-order valence-corrected chi connectivity index (χ3v) is 5.17. The van der Waals surface area contributed by atoms with Crippen LogP contribution < -0.4 is 10.6 Å². The van der Waals surface area contributed by atoms with Crippen LogP contribution >= 0.6 is 11.6 Å². The fourth-order valence-electron chi connectivity index (χ4n) is 3.30. The summed E-state index contributed by atoms with van der Waals surface area (Å²) in [6.45, 7) is 1.92. The van der Waals surface area contributed by atoms with E-state index in [-0.39, 0.29) is 17.9 Å². The van der Waals surface area contributed by atoms with Crippen LogP contribution in [0.1, 0.15) is 49.4 Å². The number of ether oxygens (including phenoxy) is 1. The minimum Gasteiger partial charge on any atom is -0.365 e. The van der Waals surface area contributed by atoms with Gasteiger partial charge in [0.15, 0.2) is 0 Å². The summed E-state index contributed by atoms with van der Waals surface area (Å²) in [4.78, 5) is 25.2. The summed E-state index contributed by atoms with van der Waals surface area (Å²) in [5, 5.41) is 6.01. The third kappa shape index (κ3) is 5.33. The molecule has 1 aliphatic carbocycles. The molecule has 1 saturated carbocycles. The minimum absolute atomic E-state index is 0.147. The van der Waals surface area contributed by atoms with Crippen molar-refractivity contribution in [2.24, 2.45) is 0 Å². The molecule has 28 heavy (non-hydrogen) atoms. The van der Waals surface area contributed by atoms with E-state index in [1.165, 1.54) is 0 Å². The van der Waals surface area contributed by atoms with Gasteiger partial charge in [-0.15, -0.1) is 0 Å². The van der Waals surface area contributed by atoms with E-state index in [1.807, 2.05) is 37.3 Å². The lowest BCUT2D eigenvalue weighted by Gasteiger charge is -2.20. The molecule has 0 bridgehead atoms. The Bertz CT molecular complexity index is 820. The van der Waals surface area contributed by atoms with Gasteiger partial charge in [0.1, 0.15) is 6.10 Å². The number of anilines is 2. The Balaban J connectivity index is 1.68. The minimum atomic E-state index is -0.527. The molecule has 5 nitrogen and oxygen atoms in total. The number of rotatable bonds is 7. The van der Waals surface area contributed by atoms with Gasteiger partial charge in [0.2, 0.25) is 0 Å². The molecule has 0 aromatic heterocycles. The van der Waals surface area contributed by atoms with E-state index < -0.39 is 6.10 Å². The molecule has 2 aromatic carbocycles. The molecule has 148 valence electrons. The first kappa shape index (κ1) is 20.4. The Kier molecular flexibility index (Phi) is 7.06. The van der Waals surface area contributed by atoms with E-state index in [9.17, 15) is 9.59 Å². The highest BCUT2D eigenvalue weighted by molar-refractivity contribution is 6.34. The van der Waals surface area contributed by atoms with Crippen molar-refractivity contribution in [1.82, 2.24) is 0 Å². The van der Waals surface area contributed by atoms with Crippen molar-refractivity contribution < 1.29 is 14.3 Å². The molecular formula is C22H25ClN2O3. The molecule has 0 radical (unpaired) electrons. The molecule has 3 rings (SSSR count). The summed E-state index contributed by atoms with van der Waals surface area (Å²) >= 11 is 6.24. The average Bonchev–Trinajstić information content (AvgIpc) is 3.21. The molecule has 1 atom stereocenters. The second kappa shape index (κ2) is 9.71. The molecule has 6 heteroatoms. The first-order chi connectivity index (χ1) is 13.6. The highest BCUT2D eigenvalue weighted by Crippen LogP contribution is 2.26. The summed E-state index contributed by atoms with van der Waals surface area (Å²) in [5.41, 5.74) is 1.51. The molecule has 0 saturated heterocycles. The Hall–Kier alpha value is -2.37. The summed E-state index contributed by atoms with van der Waals surface area (Å²) in [6.07, 6.45) is 4.49. The van der Waals surface area contributed by atoms with Crippen molar-refractivity contribution in [1.29, 1.82) is 0 Å². The predicted molar refractivity (Wildman–Crippen MR) is 112 cm³/mol. The molecular weight excluding hydrogens is 376 g/mol. The Morgan fingerprint density at radius 1 is 1.11 bits per heavy atom. The van der Waals surface area contributed by atoms with Gasteiger partial charge in [0, 0.05) is 11.3 Å². The highest BCUT2D eigenvalue weighted by atomic mass is 35.5. The number of nitrogens with one attached hydrogen (secondary N) is 2. The lowest BCUT2D eigenvalue weighted by atomic mass is 10.1. The Morgan fingerprint density at radius 2 is 1.82 bits per heavy atom. The van der Waals surface area contributed by atoms with Gasteiger partial charge < -0.3 is 15.4 Å². The van der Waals surface area contributed by atoms with Gasteiger partial charge in [-0.3, -0.25) is 9.59 Å². The van der Waals surface area contributed by atoms with Crippen LogP contribution in [0.3, 0.4) is 0 Å². The van der Waals surface area contributed by atoms with Crippen LogP contribution in [-0.4, -0.2) is 24.0 Å². The molecule has 1 unspecified atom stereocenters. The molecule has 2 aromatic rings. The van der Waals surface area contributed by atoms with Gasteiger partial charge in [-0.2, -0.15) is 0 Å². The van der Waals surface area contributed by atoms with E-state index in [1.54, 1.807) is 18.2 Å². The number of carbonyl (C=O) groups is 2. The van der Waals surface area contributed by atoms with Crippen molar-refractivity contribution in [3.8, 4) is 0 Å². The Labute approximate surface area is 170 Å². The first-order valence-corrected chi connectivity index (χ1v) is 10.1. The summed E-state index contributed by atoms with van der Waals surface area (Å²) < 4.78 is 5.96. The van der Waals surface area contributed by atoms with E-state index in [2.05, 4.69) is 10.6 Å². The van der Waals surface area contributed by atoms with Gasteiger partial charge in [-0.1, -0.05) is 49.6 Å². The van der Waals surface area contributed by atoms with Gasteiger partial charge in [0.05, 0.1) is 16.8 Å². The van der Waals surface area contributed by atoms with E-state index >= 15 is 0 Å². The van der Waals surface area contributed by atoms with Crippen molar-refractivity contribution in [3.05, 3.63) is 59.1 Å². The highest BCUT2D eigenvalue weighted by Gasteiger charge is 2.25. The van der Waals surface area contributed by atoms with Crippen molar-refractivity contribution in [2.75, 3.05) is 10.6 Å². The fraction of sp³-hybridized carbons (Fsp3) is 0.364. The second-order valence-electron chi connectivity index (χ2n) is 6.94. The molecule has 1 aliphatic rings. The Morgan fingerprint density at radius 3 is 2.50 bits per heavy atom. The van der Waals surface area contributed by atoms with Gasteiger partial charge >= 0.3 is 0 Å². The number of hydrogen-bond donors (Lipinski definition) is 2. The van der Waals surface area contributed by atoms with Crippen LogP contribution in [0.25, 0.3) is 0 Å². The van der Waals surface area contributed by atoms with Crippen molar-refractivity contribution >= 4 is 34.8 Å². The number of hydrogen-bond acceptors (Lipinski definition) is 3. The normalized spacial score (nSPS) is 15.2. The van der Waals surface area contributed by atoms with Crippen molar-refractivity contribution in [3.63, 3.8) is 0 Å². The number of halogens is 1. The lowest BCUT2D eigenvalue weighted by Crippen LogP contribution is -2.33. The van der Waals surface area contributed by atoms with Gasteiger partial charge in [-0.05, 0) is 49.6 Å². The largest absolute Gasteiger partial charge is 0.365 e.